The number of carboxylic acids is 1. The first-order valence-corrected chi connectivity index (χ1v) is 5.98. The smallest absolute Gasteiger partial charge is 0.323 e. The van der Waals surface area contributed by atoms with Crippen molar-refractivity contribution in [2.24, 2.45) is 5.41 Å². The molecule has 1 rings (SSSR count). The average Bonchev–Trinajstić information content (AvgIpc) is 2.27. The van der Waals surface area contributed by atoms with Gasteiger partial charge in [-0.15, -0.1) is 0 Å². The zero-order valence-corrected chi connectivity index (χ0v) is 10.5. The maximum atomic E-state index is 11.1. The quantitative estimate of drug-likeness (QED) is 0.778. The highest BCUT2D eigenvalue weighted by molar-refractivity contribution is 5.73. The molecular formula is C12H23NO3. The maximum absolute atomic E-state index is 11.1. The Balaban J connectivity index is 2.53. The van der Waals surface area contributed by atoms with Gasteiger partial charge in [0.15, 0.2) is 0 Å². The summed E-state index contributed by atoms with van der Waals surface area (Å²) in [6, 6.07) is -0.480. The fraction of sp³-hybridized carbons (Fsp3) is 0.917. The lowest BCUT2D eigenvalue weighted by Crippen LogP contribution is -2.49. The van der Waals surface area contributed by atoms with Crippen LogP contribution < -0.4 is 0 Å². The summed E-state index contributed by atoms with van der Waals surface area (Å²) in [5.41, 5.74) is 0.395. The Hall–Kier alpha value is -0.610. The lowest BCUT2D eigenvalue weighted by Gasteiger charge is -2.41. The van der Waals surface area contributed by atoms with Crippen molar-refractivity contribution in [3.8, 4) is 0 Å². The summed E-state index contributed by atoms with van der Waals surface area (Å²) in [4.78, 5) is 13.1. The predicted octanol–water partition coefficient (Wildman–Crippen LogP) is 1.60. The van der Waals surface area contributed by atoms with Gasteiger partial charge < -0.3 is 9.84 Å². The van der Waals surface area contributed by atoms with Gasteiger partial charge in [-0.05, 0) is 31.3 Å². The molecule has 1 unspecified atom stereocenters. The lowest BCUT2D eigenvalue weighted by molar-refractivity contribution is -0.146. The monoisotopic (exact) mass is 229 g/mol. The number of ether oxygens (including phenoxy) is 1. The first-order valence-electron chi connectivity index (χ1n) is 5.98. The van der Waals surface area contributed by atoms with E-state index in [9.17, 15) is 4.79 Å². The van der Waals surface area contributed by atoms with Crippen LogP contribution in [-0.2, 0) is 9.53 Å². The first kappa shape index (κ1) is 13.5. The molecule has 94 valence electrons. The van der Waals surface area contributed by atoms with Gasteiger partial charge in [0.25, 0.3) is 0 Å². The van der Waals surface area contributed by atoms with Crippen LogP contribution in [0.5, 0.6) is 0 Å². The molecule has 4 heteroatoms. The molecule has 1 heterocycles. The van der Waals surface area contributed by atoms with Gasteiger partial charge in [0.1, 0.15) is 6.04 Å². The molecule has 0 saturated carbocycles. The predicted molar refractivity (Wildman–Crippen MR) is 62.5 cm³/mol. The molecule has 16 heavy (non-hydrogen) atoms. The Kier molecular flexibility index (Phi) is 4.74. The summed E-state index contributed by atoms with van der Waals surface area (Å²) in [5.74, 6) is -0.776. The van der Waals surface area contributed by atoms with Crippen LogP contribution in [-0.4, -0.2) is 48.8 Å². The van der Waals surface area contributed by atoms with E-state index in [0.29, 0.717) is 5.41 Å². The number of carboxylic acid groups (broad SMARTS) is 1. The van der Waals surface area contributed by atoms with Crippen molar-refractivity contribution in [2.75, 3.05) is 26.8 Å². The Morgan fingerprint density at radius 2 is 2.06 bits per heavy atom. The highest BCUT2D eigenvalue weighted by Crippen LogP contribution is 2.34. The normalized spacial score (nSPS) is 22.9. The van der Waals surface area contributed by atoms with Crippen molar-refractivity contribution >= 4 is 5.97 Å². The average molecular weight is 229 g/mol. The van der Waals surface area contributed by atoms with Crippen LogP contribution in [0.2, 0.25) is 0 Å². The molecule has 4 nitrogen and oxygen atoms in total. The van der Waals surface area contributed by atoms with E-state index in [4.69, 9.17) is 9.84 Å². The third kappa shape index (κ3) is 3.19. The topological polar surface area (TPSA) is 49.8 Å². The van der Waals surface area contributed by atoms with Crippen LogP contribution in [0.15, 0.2) is 0 Å². The second-order valence-corrected chi connectivity index (χ2v) is 5.01. The summed E-state index contributed by atoms with van der Waals surface area (Å²) >= 11 is 0. The molecule has 0 aromatic rings. The second kappa shape index (κ2) is 5.64. The summed E-state index contributed by atoms with van der Waals surface area (Å²) in [5, 5.41) is 9.12. The number of piperidine rings is 1. The van der Waals surface area contributed by atoms with E-state index in [1.807, 2.05) is 4.90 Å². The molecule has 0 radical (unpaired) electrons. The number of hydrogen-bond acceptors (Lipinski definition) is 3. The van der Waals surface area contributed by atoms with Gasteiger partial charge >= 0.3 is 5.97 Å². The van der Waals surface area contributed by atoms with E-state index in [0.717, 1.165) is 25.9 Å². The van der Waals surface area contributed by atoms with Gasteiger partial charge in [-0.3, -0.25) is 9.69 Å². The molecule has 1 atom stereocenters. The Morgan fingerprint density at radius 3 is 2.44 bits per heavy atom. The van der Waals surface area contributed by atoms with Crippen LogP contribution in [0.1, 0.15) is 33.1 Å². The minimum atomic E-state index is -0.776. The van der Waals surface area contributed by atoms with Crippen molar-refractivity contribution in [1.82, 2.24) is 4.90 Å². The summed E-state index contributed by atoms with van der Waals surface area (Å²) in [6.45, 7) is 6.50. The Labute approximate surface area is 97.6 Å². The van der Waals surface area contributed by atoms with Crippen LogP contribution in [0, 0.1) is 5.41 Å². The minimum Gasteiger partial charge on any atom is -0.480 e. The molecule has 1 saturated heterocycles. The Morgan fingerprint density at radius 1 is 1.50 bits per heavy atom. The minimum absolute atomic E-state index is 0.276. The molecule has 0 aromatic carbocycles. The number of nitrogens with zero attached hydrogens (tertiary/aromatic N) is 1. The van der Waals surface area contributed by atoms with Gasteiger partial charge in [0, 0.05) is 7.11 Å². The van der Waals surface area contributed by atoms with Crippen molar-refractivity contribution in [1.29, 1.82) is 0 Å². The molecule has 1 aliphatic heterocycles. The van der Waals surface area contributed by atoms with Crippen molar-refractivity contribution < 1.29 is 14.6 Å². The van der Waals surface area contributed by atoms with Crippen LogP contribution >= 0.6 is 0 Å². The van der Waals surface area contributed by atoms with Gasteiger partial charge in [0.05, 0.1) is 6.61 Å². The number of likely N-dealkylation sites (tertiary alicyclic amines) is 1. The standard InChI is InChI=1S/C12H23NO3/c1-4-12(2)5-7-13(8-6-12)10(9-16-3)11(14)15/h10H,4-9H2,1-3H3,(H,14,15). The van der Waals surface area contributed by atoms with Crippen LogP contribution in [0.4, 0.5) is 0 Å². The fourth-order valence-electron chi connectivity index (χ4n) is 2.22. The molecule has 1 fully saturated rings. The largest absolute Gasteiger partial charge is 0.480 e. The van der Waals surface area contributed by atoms with Crippen molar-refractivity contribution in [2.45, 2.75) is 39.2 Å². The number of methoxy groups -OCH3 is 1. The van der Waals surface area contributed by atoms with Crippen molar-refractivity contribution in [3.63, 3.8) is 0 Å². The van der Waals surface area contributed by atoms with E-state index < -0.39 is 12.0 Å². The highest BCUT2D eigenvalue weighted by Gasteiger charge is 2.33. The van der Waals surface area contributed by atoms with E-state index in [1.165, 1.54) is 6.42 Å². The number of aliphatic carboxylic acids is 1. The molecule has 0 amide bonds. The van der Waals surface area contributed by atoms with Crippen molar-refractivity contribution in [3.05, 3.63) is 0 Å². The van der Waals surface area contributed by atoms with Gasteiger partial charge in [0.2, 0.25) is 0 Å². The lowest BCUT2D eigenvalue weighted by atomic mass is 9.78. The third-order valence-corrected chi connectivity index (χ3v) is 3.91. The molecule has 0 aliphatic carbocycles. The highest BCUT2D eigenvalue weighted by atomic mass is 16.5. The molecule has 1 N–H and O–H groups in total. The van der Waals surface area contributed by atoms with Crippen LogP contribution in [0.3, 0.4) is 0 Å². The molecule has 0 bridgehead atoms. The van der Waals surface area contributed by atoms with Crippen LogP contribution in [0.25, 0.3) is 0 Å². The molecule has 0 aromatic heterocycles. The van der Waals surface area contributed by atoms with E-state index >= 15 is 0 Å². The number of hydrogen-bond donors (Lipinski definition) is 1. The first-order chi connectivity index (χ1) is 7.52. The third-order valence-electron chi connectivity index (χ3n) is 3.91. The fourth-order valence-corrected chi connectivity index (χ4v) is 2.22. The van der Waals surface area contributed by atoms with E-state index in [-0.39, 0.29) is 6.61 Å². The van der Waals surface area contributed by atoms with E-state index in [1.54, 1.807) is 7.11 Å². The zero-order chi connectivity index (χ0) is 12.2. The Bertz CT molecular complexity index is 234. The number of carbonyl (C=O) groups is 1. The molecule has 1 aliphatic rings. The zero-order valence-electron chi connectivity index (χ0n) is 10.5. The summed E-state index contributed by atoms with van der Waals surface area (Å²) < 4.78 is 4.97. The van der Waals surface area contributed by atoms with Gasteiger partial charge in [-0.1, -0.05) is 20.3 Å². The maximum Gasteiger partial charge on any atom is 0.323 e. The summed E-state index contributed by atoms with van der Waals surface area (Å²) in [6.07, 6.45) is 3.33. The summed E-state index contributed by atoms with van der Waals surface area (Å²) in [7, 11) is 1.55. The number of rotatable bonds is 5. The van der Waals surface area contributed by atoms with E-state index in [2.05, 4.69) is 13.8 Å². The molecular weight excluding hydrogens is 206 g/mol. The SMILES string of the molecule is CCC1(C)CCN(C(COC)C(=O)O)CC1. The molecule has 0 spiro atoms. The van der Waals surface area contributed by atoms with Gasteiger partial charge in [-0.25, -0.2) is 0 Å². The van der Waals surface area contributed by atoms with Gasteiger partial charge in [-0.2, -0.15) is 0 Å². The second-order valence-electron chi connectivity index (χ2n) is 5.01.